The first-order valence-corrected chi connectivity index (χ1v) is 22.1. The van der Waals surface area contributed by atoms with Gasteiger partial charge in [-0.1, -0.05) is 99.3 Å². The Morgan fingerprint density at radius 1 is 0.515 bits per heavy atom. The number of hydrogen-bond acceptors (Lipinski definition) is 6. The molecular weight excluding hydrogens is 995 g/mol. The van der Waals surface area contributed by atoms with Gasteiger partial charge in [-0.3, -0.25) is 14.9 Å². The number of imidazole rings is 2. The van der Waals surface area contributed by atoms with Crippen molar-refractivity contribution in [2.75, 3.05) is 4.90 Å². The predicted molar refractivity (Wildman–Crippen MR) is 261 cm³/mol. The monoisotopic (exact) mass is 1040 g/mol. The first kappa shape index (κ1) is 41.3. The molecule has 0 aliphatic carbocycles. The molecule has 0 atom stereocenters. The van der Waals surface area contributed by atoms with E-state index in [-0.39, 0.29) is 20.1 Å². The summed E-state index contributed by atoms with van der Waals surface area (Å²) in [5.41, 5.74) is 14.1. The summed E-state index contributed by atoms with van der Waals surface area (Å²) in [6.45, 7) is 9.04. The topological polar surface area (TPSA) is 70.5 Å². The third kappa shape index (κ3) is 6.44. The Hall–Kier alpha value is -7.45. The number of fused-ring (bicyclic) bond motifs is 10. The molecule has 325 valence electrons. The van der Waals surface area contributed by atoms with Crippen molar-refractivity contribution in [3.8, 4) is 51.5 Å². The first-order valence-electron chi connectivity index (χ1n) is 22.1. The largest absolute Gasteiger partial charge is 0.497 e. The maximum atomic E-state index is 6.66. The molecule has 8 aromatic carbocycles. The van der Waals surface area contributed by atoms with E-state index in [9.17, 15) is 0 Å². The van der Waals surface area contributed by atoms with Crippen LogP contribution in [0.5, 0.6) is 23.0 Å². The van der Waals surface area contributed by atoms with Crippen LogP contribution in [0, 0.1) is 12.1 Å². The molecule has 0 fully saturated rings. The van der Waals surface area contributed by atoms with Crippen molar-refractivity contribution < 1.29 is 34.0 Å². The molecular formula is C57H43IrN5O3-2. The molecule has 2 aliphatic heterocycles. The van der Waals surface area contributed by atoms with Crippen LogP contribution < -0.4 is 14.4 Å². The number of aryl methyl sites for hydroxylation is 1. The molecule has 11 aromatic rings. The minimum atomic E-state index is 0. The summed E-state index contributed by atoms with van der Waals surface area (Å²) in [5.74, 6) is 5.56. The van der Waals surface area contributed by atoms with Gasteiger partial charge in [-0.05, 0) is 83.6 Å². The number of furan rings is 1. The van der Waals surface area contributed by atoms with Crippen LogP contribution in [0.4, 0.5) is 17.1 Å². The minimum Gasteiger partial charge on any atom is -0.497 e. The smallest absolute Gasteiger partial charge is 0.193 e. The van der Waals surface area contributed by atoms with Crippen LogP contribution in [-0.4, -0.2) is 19.1 Å². The number of aromatic nitrogens is 4. The second-order valence-electron chi connectivity index (χ2n) is 17.2. The molecule has 66 heavy (non-hydrogen) atoms. The van der Waals surface area contributed by atoms with Gasteiger partial charge >= 0.3 is 0 Å². The molecule has 5 heterocycles. The van der Waals surface area contributed by atoms with Crippen LogP contribution in [0.15, 0.2) is 162 Å². The Kier molecular flexibility index (Phi) is 10.1. The average Bonchev–Trinajstić information content (AvgIpc) is 4.03. The molecule has 0 amide bonds. The van der Waals surface area contributed by atoms with Gasteiger partial charge in [-0.15, -0.1) is 54.1 Å². The van der Waals surface area contributed by atoms with E-state index in [0.29, 0.717) is 23.2 Å². The molecule has 0 bridgehead atoms. The van der Waals surface area contributed by atoms with Gasteiger partial charge < -0.3 is 23.0 Å². The molecule has 0 unspecified atom stereocenters. The number of ether oxygens (including phenoxy) is 2. The quantitative estimate of drug-likeness (QED) is 0.160. The van der Waals surface area contributed by atoms with Crippen molar-refractivity contribution in [2.45, 2.75) is 39.5 Å². The summed E-state index contributed by atoms with van der Waals surface area (Å²) < 4.78 is 23.9. The Morgan fingerprint density at radius 2 is 1.15 bits per heavy atom. The SMILES string of the molecule is CC(C)c1cccc(C(C)C)c1-n1c(-c2[c-]cccc2)nc2ccccc21.Cn1c(-c2[c-]ccc3c2oc2c4c(ccc23)N2c3ccccc3Oc3cccc(c32)O4)nc2ccccc21.[Ir]. The van der Waals surface area contributed by atoms with E-state index in [1.54, 1.807) is 0 Å². The fourth-order valence-electron chi connectivity index (χ4n) is 9.53. The number of para-hydroxylation sites is 8. The van der Waals surface area contributed by atoms with Crippen LogP contribution in [-0.2, 0) is 27.2 Å². The van der Waals surface area contributed by atoms with Crippen molar-refractivity contribution in [1.82, 2.24) is 19.1 Å². The Labute approximate surface area is 396 Å². The maximum Gasteiger partial charge on any atom is 0.193 e. The Balaban J connectivity index is 0.000000153. The van der Waals surface area contributed by atoms with Crippen molar-refractivity contribution in [3.63, 3.8) is 0 Å². The third-order valence-corrected chi connectivity index (χ3v) is 12.6. The zero-order valence-corrected chi connectivity index (χ0v) is 39.4. The number of hydrogen-bond donors (Lipinski definition) is 0. The molecule has 13 rings (SSSR count). The number of rotatable bonds is 5. The van der Waals surface area contributed by atoms with Gasteiger partial charge in [0.1, 0.15) is 5.69 Å². The van der Waals surface area contributed by atoms with Crippen molar-refractivity contribution >= 4 is 61.1 Å². The van der Waals surface area contributed by atoms with E-state index in [1.807, 2.05) is 92.0 Å². The molecule has 1 radical (unpaired) electrons. The summed E-state index contributed by atoms with van der Waals surface area (Å²) in [7, 11) is 2.02. The van der Waals surface area contributed by atoms with Crippen LogP contribution in [0.3, 0.4) is 0 Å². The van der Waals surface area contributed by atoms with Gasteiger partial charge in [-0.2, -0.15) is 0 Å². The fourth-order valence-corrected chi connectivity index (χ4v) is 9.53. The normalized spacial score (nSPS) is 12.4. The summed E-state index contributed by atoms with van der Waals surface area (Å²) in [6, 6.07) is 60.1. The van der Waals surface area contributed by atoms with E-state index in [2.05, 4.69) is 127 Å². The first-order chi connectivity index (χ1) is 31.8. The van der Waals surface area contributed by atoms with Crippen molar-refractivity contribution in [3.05, 3.63) is 181 Å². The van der Waals surface area contributed by atoms with Gasteiger partial charge in [0.15, 0.2) is 28.6 Å². The molecule has 0 N–H and O–H groups in total. The fraction of sp³-hybridized carbons (Fsp3) is 0.123. The number of anilines is 3. The van der Waals surface area contributed by atoms with E-state index in [1.165, 1.54) is 16.8 Å². The Morgan fingerprint density at radius 3 is 1.89 bits per heavy atom. The Bertz CT molecular complexity index is 3630. The zero-order valence-electron chi connectivity index (χ0n) is 37.0. The van der Waals surface area contributed by atoms with E-state index >= 15 is 0 Å². The molecule has 0 spiro atoms. The van der Waals surface area contributed by atoms with Gasteiger partial charge in [0, 0.05) is 38.2 Å². The van der Waals surface area contributed by atoms with E-state index in [0.717, 1.165) is 95.5 Å². The maximum absolute atomic E-state index is 6.66. The van der Waals surface area contributed by atoms with Gasteiger partial charge in [-0.25, -0.2) is 0 Å². The van der Waals surface area contributed by atoms with Crippen molar-refractivity contribution in [2.24, 2.45) is 7.05 Å². The predicted octanol–water partition coefficient (Wildman–Crippen LogP) is 15.4. The van der Waals surface area contributed by atoms with Gasteiger partial charge in [0.05, 0.1) is 50.7 Å². The van der Waals surface area contributed by atoms with Crippen LogP contribution in [0.2, 0.25) is 0 Å². The standard InChI is InChI=1S/C32H18N3O3.C25H25N2.Ir/c1-34-22-11-3-2-10-21(22)33-32(34)20-9-6-8-18-19-16-17-24-31(30(19)38-29(18)20)37-27-15-7-14-26-28(27)35(24)23-12-4-5-13-25(23)36-26;1-17(2)20-13-10-14-21(18(3)4)24(20)27-23-16-9-8-15-22(23)26-25(27)19-11-6-5-7-12-19;/h2-8,10-17H,1H3;5-11,13-18H,1-4H3;/q2*-1;. The summed E-state index contributed by atoms with van der Waals surface area (Å²) in [4.78, 5) is 12.1. The molecule has 0 saturated heterocycles. The number of nitrogens with zero attached hydrogens (tertiary/aromatic N) is 5. The summed E-state index contributed by atoms with van der Waals surface area (Å²) in [5, 5.41) is 1.98. The average molecular weight is 1040 g/mol. The molecule has 8 nitrogen and oxygen atoms in total. The van der Waals surface area contributed by atoms with Gasteiger partial charge in [0.2, 0.25) is 0 Å². The van der Waals surface area contributed by atoms with Gasteiger partial charge in [0.25, 0.3) is 0 Å². The number of benzene rings is 8. The van der Waals surface area contributed by atoms with E-state index < -0.39 is 0 Å². The minimum absolute atomic E-state index is 0. The molecule has 3 aromatic heterocycles. The van der Waals surface area contributed by atoms with Crippen molar-refractivity contribution in [1.29, 1.82) is 0 Å². The summed E-state index contributed by atoms with van der Waals surface area (Å²) in [6.07, 6.45) is 0. The van der Waals surface area contributed by atoms with Crippen LogP contribution in [0.25, 0.3) is 72.5 Å². The van der Waals surface area contributed by atoms with E-state index in [4.69, 9.17) is 23.9 Å². The zero-order chi connectivity index (χ0) is 43.9. The third-order valence-electron chi connectivity index (χ3n) is 12.6. The summed E-state index contributed by atoms with van der Waals surface area (Å²) >= 11 is 0. The molecule has 0 saturated carbocycles. The molecule has 9 heteroatoms. The van der Waals surface area contributed by atoms with Crippen LogP contribution in [0.1, 0.15) is 50.7 Å². The second-order valence-corrected chi connectivity index (χ2v) is 17.2. The van der Waals surface area contributed by atoms with Crippen LogP contribution >= 0.6 is 0 Å². The second kappa shape index (κ2) is 16.2. The molecule has 2 aliphatic rings.